The van der Waals surface area contributed by atoms with Crippen LogP contribution in [-0.2, 0) is 4.79 Å². The SMILES string of the molecule is O=C(CC(F)(F)F)NCCNc1ccc(-n2cccn2)nn1. The molecule has 2 aromatic rings. The molecule has 0 saturated carbocycles. The van der Waals surface area contributed by atoms with Crippen LogP contribution >= 0.6 is 0 Å². The first-order chi connectivity index (χ1) is 10.4. The smallest absolute Gasteiger partial charge is 0.367 e. The molecule has 2 rings (SSSR count). The first-order valence-corrected chi connectivity index (χ1v) is 6.35. The molecule has 22 heavy (non-hydrogen) atoms. The van der Waals surface area contributed by atoms with E-state index in [2.05, 4.69) is 25.9 Å². The maximum absolute atomic E-state index is 11.9. The highest BCUT2D eigenvalue weighted by Gasteiger charge is 2.30. The molecule has 0 unspecified atom stereocenters. The molecule has 0 aromatic carbocycles. The Kier molecular flexibility index (Phi) is 4.92. The highest BCUT2D eigenvalue weighted by Crippen LogP contribution is 2.18. The van der Waals surface area contributed by atoms with Gasteiger partial charge in [-0.05, 0) is 18.2 Å². The Bertz CT molecular complexity index is 596. The van der Waals surface area contributed by atoms with E-state index in [-0.39, 0.29) is 13.1 Å². The first kappa shape index (κ1) is 15.7. The number of halogens is 3. The largest absolute Gasteiger partial charge is 0.397 e. The van der Waals surface area contributed by atoms with Crippen LogP contribution in [0.1, 0.15) is 6.42 Å². The topological polar surface area (TPSA) is 84.7 Å². The van der Waals surface area contributed by atoms with Crippen molar-refractivity contribution in [3.8, 4) is 5.82 Å². The zero-order chi connectivity index (χ0) is 16.0. The Morgan fingerprint density at radius 1 is 1.23 bits per heavy atom. The fraction of sp³-hybridized carbons (Fsp3) is 0.333. The first-order valence-electron chi connectivity index (χ1n) is 6.35. The standard InChI is InChI=1S/C12H13F3N6O/c13-12(14,15)8-11(22)17-6-5-16-9-2-3-10(20-19-9)21-7-1-4-18-21/h1-4,7H,5-6,8H2,(H,16,19)(H,17,22). The van der Waals surface area contributed by atoms with Crippen LogP contribution in [0, 0.1) is 0 Å². The second-order valence-corrected chi connectivity index (χ2v) is 4.30. The molecule has 0 spiro atoms. The minimum Gasteiger partial charge on any atom is -0.367 e. The number of hydrogen-bond donors (Lipinski definition) is 2. The van der Waals surface area contributed by atoms with Gasteiger partial charge in [0.05, 0.1) is 0 Å². The van der Waals surface area contributed by atoms with Crippen LogP contribution in [0.15, 0.2) is 30.6 Å². The summed E-state index contributed by atoms with van der Waals surface area (Å²) in [5, 5.41) is 16.8. The number of anilines is 1. The van der Waals surface area contributed by atoms with Crippen LogP contribution in [0.5, 0.6) is 0 Å². The molecular weight excluding hydrogens is 301 g/mol. The lowest BCUT2D eigenvalue weighted by molar-refractivity contribution is -0.153. The number of carbonyl (C=O) groups excluding carboxylic acids is 1. The number of carbonyl (C=O) groups is 1. The summed E-state index contributed by atoms with van der Waals surface area (Å²) in [7, 11) is 0. The van der Waals surface area contributed by atoms with E-state index in [0.717, 1.165) is 0 Å². The Morgan fingerprint density at radius 3 is 2.64 bits per heavy atom. The average Bonchev–Trinajstić information content (AvgIpc) is 2.96. The summed E-state index contributed by atoms with van der Waals surface area (Å²) >= 11 is 0. The summed E-state index contributed by atoms with van der Waals surface area (Å²) in [6.07, 6.45) is -2.65. The zero-order valence-electron chi connectivity index (χ0n) is 11.3. The number of nitrogens with one attached hydrogen (secondary N) is 2. The molecule has 0 aliphatic heterocycles. The van der Waals surface area contributed by atoms with Gasteiger partial charge in [0.15, 0.2) is 5.82 Å². The van der Waals surface area contributed by atoms with Crippen molar-refractivity contribution < 1.29 is 18.0 Å². The molecule has 10 heteroatoms. The number of nitrogens with zero attached hydrogens (tertiary/aromatic N) is 4. The van der Waals surface area contributed by atoms with E-state index in [0.29, 0.717) is 11.6 Å². The third-order valence-electron chi connectivity index (χ3n) is 2.50. The second kappa shape index (κ2) is 6.87. The molecule has 2 aromatic heterocycles. The second-order valence-electron chi connectivity index (χ2n) is 4.30. The van der Waals surface area contributed by atoms with Crippen molar-refractivity contribution >= 4 is 11.7 Å². The van der Waals surface area contributed by atoms with Gasteiger partial charge in [-0.3, -0.25) is 4.79 Å². The monoisotopic (exact) mass is 314 g/mol. The minimum absolute atomic E-state index is 0.0531. The number of rotatable bonds is 6. The van der Waals surface area contributed by atoms with Crippen molar-refractivity contribution in [3.63, 3.8) is 0 Å². The molecule has 7 nitrogen and oxygen atoms in total. The van der Waals surface area contributed by atoms with Crippen molar-refractivity contribution in [2.45, 2.75) is 12.6 Å². The molecule has 0 bridgehead atoms. The van der Waals surface area contributed by atoms with Gasteiger partial charge in [-0.1, -0.05) is 0 Å². The minimum atomic E-state index is -4.49. The summed E-state index contributed by atoms with van der Waals surface area (Å²) in [6.45, 7) is 0.289. The van der Waals surface area contributed by atoms with Crippen molar-refractivity contribution in [1.82, 2.24) is 25.3 Å². The molecule has 0 aliphatic rings. The van der Waals surface area contributed by atoms with Gasteiger partial charge in [0.25, 0.3) is 0 Å². The zero-order valence-corrected chi connectivity index (χ0v) is 11.3. The van der Waals surface area contributed by atoms with E-state index in [1.807, 2.05) is 0 Å². The van der Waals surface area contributed by atoms with Crippen LogP contribution in [0.4, 0.5) is 19.0 Å². The Labute approximate surface area is 123 Å². The third-order valence-corrected chi connectivity index (χ3v) is 2.50. The molecule has 2 heterocycles. The van der Waals surface area contributed by atoms with Gasteiger partial charge in [-0.15, -0.1) is 10.2 Å². The molecule has 0 aliphatic carbocycles. The lowest BCUT2D eigenvalue weighted by Gasteiger charge is -2.09. The Balaban J connectivity index is 1.72. The number of amides is 1. The fourth-order valence-corrected chi connectivity index (χ4v) is 1.58. The molecule has 0 atom stereocenters. The van der Waals surface area contributed by atoms with E-state index in [1.54, 1.807) is 30.6 Å². The molecule has 118 valence electrons. The summed E-state index contributed by atoms with van der Waals surface area (Å²) in [5.74, 6) is -0.0792. The summed E-state index contributed by atoms with van der Waals surface area (Å²) in [4.78, 5) is 10.9. The number of aromatic nitrogens is 4. The lowest BCUT2D eigenvalue weighted by Crippen LogP contribution is -2.32. The summed E-state index contributed by atoms with van der Waals surface area (Å²) < 4.78 is 37.3. The van der Waals surface area contributed by atoms with Gasteiger partial charge in [0.2, 0.25) is 5.91 Å². The molecule has 2 N–H and O–H groups in total. The fourth-order valence-electron chi connectivity index (χ4n) is 1.58. The summed E-state index contributed by atoms with van der Waals surface area (Å²) in [5.41, 5.74) is 0. The maximum Gasteiger partial charge on any atom is 0.397 e. The molecule has 1 amide bonds. The summed E-state index contributed by atoms with van der Waals surface area (Å²) in [6, 6.07) is 5.09. The highest BCUT2D eigenvalue weighted by molar-refractivity contribution is 5.76. The van der Waals surface area contributed by atoms with E-state index < -0.39 is 18.5 Å². The van der Waals surface area contributed by atoms with Crippen molar-refractivity contribution in [3.05, 3.63) is 30.6 Å². The van der Waals surface area contributed by atoms with Crippen molar-refractivity contribution in [2.75, 3.05) is 18.4 Å². The van der Waals surface area contributed by atoms with Crippen LogP contribution < -0.4 is 10.6 Å². The lowest BCUT2D eigenvalue weighted by atomic mass is 10.4. The van der Waals surface area contributed by atoms with Crippen LogP contribution in [0.2, 0.25) is 0 Å². The van der Waals surface area contributed by atoms with Crippen LogP contribution in [-0.4, -0.2) is 45.2 Å². The van der Waals surface area contributed by atoms with Gasteiger partial charge < -0.3 is 10.6 Å². The number of hydrogen-bond acceptors (Lipinski definition) is 5. The van der Waals surface area contributed by atoms with Crippen molar-refractivity contribution in [2.24, 2.45) is 0 Å². The highest BCUT2D eigenvalue weighted by atomic mass is 19.4. The van der Waals surface area contributed by atoms with E-state index in [9.17, 15) is 18.0 Å². The molecular formula is C12H13F3N6O. The number of alkyl halides is 3. The molecule has 0 saturated heterocycles. The predicted molar refractivity (Wildman–Crippen MR) is 71.3 cm³/mol. The van der Waals surface area contributed by atoms with Gasteiger partial charge in [-0.25, -0.2) is 4.68 Å². The quantitative estimate of drug-likeness (QED) is 0.781. The van der Waals surface area contributed by atoms with E-state index in [1.165, 1.54) is 4.68 Å². The molecule has 0 radical (unpaired) electrons. The third kappa shape index (κ3) is 5.04. The van der Waals surface area contributed by atoms with Crippen molar-refractivity contribution in [1.29, 1.82) is 0 Å². The van der Waals surface area contributed by atoms with Gasteiger partial charge in [-0.2, -0.15) is 18.3 Å². The van der Waals surface area contributed by atoms with Crippen LogP contribution in [0.25, 0.3) is 5.82 Å². The van der Waals surface area contributed by atoms with Gasteiger partial charge in [0.1, 0.15) is 12.2 Å². The van der Waals surface area contributed by atoms with Crippen LogP contribution in [0.3, 0.4) is 0 Å². The van der Waals surface area contributed by atoms with E-state index >= 15 is 0 Å². The predicted octanol–water partition coefficient (Wildman–Crippen LogP) is 1.14. The van der Waals surface area contributed by atoms with E-state index in [4.69, 9.17) is 0 Å². The Morgan fingerprint density at radius 2 is 2.05 bits per heavy atom. The molecule has 0 fully saturated rings. The van der Waals surface area contributed by atoms with Gasteiger partial charge >= 0.3 is 6.18 Å². The normalized spacial score (nSPS) is 11.2. The Hall–Kier alpha value is -2.65. The van der Waals surface area contributed by atoms with Gasteiger partial charge in [0, 0.05) is 25.5 Å². The average molecular weight is 314 g/mol. The maximum atomic E-state index is 11.9.